The van der Waals surface area contributed by atoms with Gasteiger partial charge in [0.25, 0.3) is 0 Å². The van der Waals surface area contributed by atoms with Gasteiger partial charge in [0.15, 0.2) is 5.84 Å². The molecule has 0 aliphatic heterocycles. The lowest BCUT2D eigenvalue weighted by atomic mass is 10.0. The maximum atomic E-state index is 15.0. The Morgan fingerprint density at radius 2 is 1.96 bits per heavy atom. The second kappa shape index (κ2) is 6.87. The van der Waals surface area contributed by atoms with Crippen LogP contribution in [-0.4, -0.2) is 26.8 Å². The van der Waals surface area contributed by atoms with E-state index in [-0.39, 0.29) is 11.3 Å². The van der Waals surface area contributed by atoms with E-state index in [2.05, 4.69) is 10.1 Å². The van der Waals surface area contributed by atoms with Crippen LogP contribution in [0.4, 0.5) is 8.78 Å². The van der Waals surface area contributed by atoms with E-state index in [4.69, 9.17) is 22.0 Å². The third kappa shape index (κ3) is 3.22. The minimum Gasteiger partial charge on any atom is -0.404 e. The highest BCUT2D eigenvalue weighted by atomic mass is 19.3. The first-order valence-electron chi connectivity index (χ1n) is 7.78. The van der Waals surface area contributed by atoms with Gasteiger partial charge in [-0.05, 0) is 30.3 Å². The summed E-state index contributed by atoms with van der Waals surface area (Å²) in [6, 6.07) is 9.77. The Morgan fingerprint density at radius 1 is 1.19 bits per heavy atom. The molecule has 2 heterocycles. The molecule has 2 aromatic heterocycles. The van der Waals surface area contributed by atoms with Crippen LogP contribution in [0, 0.1) is 16.2 Å². The molecule has 0 fully saturated rings. The molecule has 3 aromatic rings. The van der Waals surface area contributed by atoms with Gasteiger partial charge in [-0.15, -0.1) is 0 Å². The number of alkyl halides is 2. The van der Waals surface area contributed by atoms with Crippen molar-refractivity contribution in [2.24, 2.45) is 5.73 Å². The maximum Gasteiger partial charge on any atom is 0.331 e. The van der Waals surface area contributed by atoms with Crippen LogP contribution in [0.2, 0.25) is 0 Å². The summed E-state index contributed by atoms with van der Waals surface area (Å²) in [6.07, 6.45) is 3.57. The summed E-state index contributed by atoms with van der Waals surface area (Å²) in [5.74, 6) is -4.88. The predicted octanol–water partition coefficient (Wildman–Crippen LogP) is 2.48. The fourth-order valence-corrected chi connectivity index (χ4v) is 2.50. The zero-order valence-corrected chi connectivity index (χ0v) is 13.9. The molecule has 27 heavy (non-hydrogen) atoms. The summed E-state index contributed by atoms with van der Waals surface area (Å²) in [7, 11) is 0. The summed E-state index contributed by atoms with van der Waals surface area (Å²) in [5, 5.41) is 27.5. The van der Waals surface area contributed by atoms with E-state index in [0.29, 0.717) is 15.6 Å². The molecule has 0 bridgehead atoms. The number of allylic oxidation sites excluding steroid dienone is 1. The van der Waals surface area contributed by atoms with Gasteiger partial charge in [-0.3, -0.25) is 15.8 Å². The van der Waals surface area contributed by atoms with Gasteiger partial charge in [0.1, 0.15) is 5.49 Å². The minimum absolute atomic E-state index is 0.103. The Bertz CT molecular complexity index is 1130. The number of pyridine rings is 1. The van der Waals surface area contributed by atoms with E-state index in [1.54, 1.807) is 18.3 Å². The van der Waals surface area contributed by atoms with Crippen LogP contribution >= 0.6 is 0 Å². The van der Waals surface area contributed by atoms with Gasteiger partial charge in [-0.2, -0.15) is 18.6 Å². The smallest absolute Gasteiger partial charge is 0.331 e. The number of benzene rings is 1. The van der Waals surface area contributed by atoms with Crippen LogP contribution < -0.4 is 11.2 Å². The van der Waals surface area contributed by atoms with Gasteiger partial charge >= 0.3 is 5.92 Å². The molecule has 1 aromatic carbocycles. The number of nitrogens with one attached hydrogen (secondary N) is 3. The van der Waals surface area contributed by atoms with Crippen LogP contribution in [0.3, 0.4) is 0 Å². The highest BCUT2D eigenvalue weighted by Crippen LogP contribution is 2.31. The average molecular weight is 367 g/mol. The van der Waals surface area contributed by atoms with Crippen molar-refractivity contribution in [2.75, 3.05) is 0 Å². The molecule has 0 spiro atoms. The number of halogens is 2. The van der Waals surface area contributed by atoms with Crippen molar-refractivity contribution in [3.05, 3.63) is 71.6 Å². The standard InChI is InChI=1S/C18H15F2N7/c19-18(20,13-3-4-14-11(8-13)2-1-7-25-14)17(24)27-16(23)6-5-15(26-27)12(9-21)10-22/h1-10,21,23-24H,22H2. The Morgan fingerprint density at radius 3 is 2.67 bits per heavy atom. The zero-order chi connectivity index (χ0) is 19.6. The molecular weight excluding hydrogens is 352 g/mol. The first kappa shape index (κ1) is 18.1. The van der Waals surface area contributed by atoms with Crippen LogP contribution in [-0.2, 0) is 5.92 Å². The summed E-state index contributed by atoms with van der Waals surface area (Å²) < 4.78 is 30.5. The number of hydrogen-bond acceptors (Lipinski definition) is 6. The fraction of sp³-hybridized carbons (Fsp3) is 0.0556. The molecule has 0 aliphatic carbocycles. The van der Waals surface area contributed by atoms with Gasteiger partial charge in [-0.25, -0.2) is 0 Å². The normalized spacial score (nSPS) is 12.1. The van der Waals surface area contributed by atoms with E-state index < -0.39 is 22.8 Å². The van der Waals surface area contributed by atoms with Crippen molar-refractivity contribution in [3.63, 3.8) is 0 Å². The van der Waals surface area contributed by atoms with Crippen molar-refractivity contribution in [1.82, 2.24) is 14.8 Å². The topological polar surface area (TPSA) is 128 Å². The van der Waals surface area contributed by atoms with E-state index in [1.165, 1.54) is 30.3 Å². The second-order valence-electron chi connectivity index (χ2n) is 5.62. The van der Waals surface area contributed by atoms with E-state index in [0.717, 1.165) is 12.4 Å². The molecule has 3 rings (SSSR count). The van der Waals surface area contributed by atoms with Gasteiger partial charge in [-0.1, -0.05) is 12.1 Å². The minimum atomic E-state index is -3.70. The van der Waals surface area contributed by atoms with Crippen molar-refractivity contribution in [2.45, 2.75) is 5.92 Å². The number of aromatic nitrogens is 3. The van der Waals surface area contributed by atoms with Gasteiger partial charge in [0.05, 0.1) is 11.2 Å². The molecule has 0 amide bonds. The summed E-state index contributed by atoms with van der Waals surface area (Å²) in [5.41, 5.74) is 5.43. The molecule has 0 unspecified atom stereocenters. The SMILES string of the molecule is N=CC(=CN)c1ccc(=N)n(C(=N)C(F)(F)c2ccc3ncccc3c2)n1. The first-order valence-corrected chi connectivity index (χ1v) is 7.78. The average Bonchev–Trinajstić information content (AvgIpc) is 2.69. The quantitative estimate of drug-likeness (QED) is 0.418. The number of nitrogens with zero attached hydrogens (tertiary/aromatic N) is 3. The van der Waals surface area contributed by atoms with Gasteiger partial charge < -0.3 is 11.1 Å². The maximum absolute atomic E-state index is 15.0. The molecule has 0 radical (unpaired) electrons. The molecular formula is C18H15F2N7. The summed E-state index contributed by atoms with van der Waals surface area (Å²) >= 11 is 0. The van der Waals surface area contributed by atoms with E-state index >= 15 is 0 Å². The van der Waals surface area contributed by atoms with Crippen molar-refractivity contribution in [3.8, 4) is 0 Å². The Labute approximate surface area is 152 Å². The molecule has 136 valence electrons. The molecule has 7 nitrogen and oxygen atoms in total. The summed E-state index contributed by atoms with van der Waals surface area (Å²) in [4.78, 5) is 4.09. The highest BCUT2D eigenvalue weighted by molar-refractivity contribution is 6.07. The first-order chi connectivity index (χ1) is 12.9. The second-order valence-corrected chi connectivity index (χ2v) is 5.62. The Balaban J connectivity index is 2.09. The predicted molar refractivity (Wildman–Crippen MR) is 97.8 cm³/mol. The van der Waals surface area contributed by atoms with Crippen molar-refractivity contribution < 1.29 is 8.78 Å². The molecule has 0 saturated carbocycles. The lowest BCUT2D eigenvalue weighted by Gasteiger charge is -2.19. The number of fused-ring (bicyclic) bond motifs is 1. The van der Waals surface area contributed by atoms with E-state index in [9.17, 15) is 8.78 Å². The summed E-state index contributed by atoms with van der Waals surface area (Å²) in [6.45, 7) is 0. The molecule has 0 saturated heterocycles. The van der Waals surface area contributed by atoms with Crippen molar-refractivity contribution >= 4 is 28.5 Å². The third-order valence-electron chi connectivity index (χ3n) is 3.94. The molecule has 9 heteroatoms. The number of rotatable bonds is 4. The fourth-order valence-electron chi connectivity index (χ4n) is 2.50. The lowest BCUT2D eigenvalue weighted by molar-refractivity contribution is 0.0697. The molecule has 5 N–H and O–H groups in total. The van der Waals surface area contributed by atoms with E-state index in [1.807, 2.05) is 0 Å². The lowest BCUT2D eigenvalue weighted by Crippen LogP contribution is -2.39. The van der Waals surface area contributed by atoms with Crippen LogP contribution in [0.1, 0.15) is 11.3 Å². The monoisotopic (exact) mass is 367 g/mol. The Hall–Kier alpha value is -3.75. The highest BCUT2D eigenvalue weighted by Gasteiger charge is 2.39. The zero-order valence-electron chi connectivity index (χ0n) is 13.9. The molecule has 0 aliphatic rings. The largest absolute Gasteiger partial charge is 0.404 e. The van der Waals surface area contributed by atoms with Gasteiger partial charge in [0, 0.05) is 35.1 Å². The Kier molecular flexibility index (Phi) is 4.59. The van der Waals surface area contributed by atoms with Crippen LogP contribution in [0.15, 0.2) is 54.9 Å². The number of hydrogen-bond donors (Lipinski definition) is 4. The third-order valence-corrected chi connectivity index (χ3v) is 3.94. The van der Waals surface area contributed by atoms with Crippen LogP contribution in [0.25, 0.3) is 16.5 Å². The van der Waals surface area contributed by atoms with Crippen LogP contribution in [0.5, 0.6) is 0 Å². The number of nitrogens with two attached hydrogens (primary N) is 1. The van der Waals surface area contributed by atoms with Crippen molar-refractivity contribution in [1.29, 1.82) is 16.2 Å². The van der Waals surface area contributed by atoms with Gasteiger partial charge in [0.2, 0.25) is 0 Å². The molecule has 0 atom stereocenters.